The minimum atomic E-state index is -1.02. The fourth-order valence-corrected chi connectivity index (χ4v) is 5.19. The highest BCUT2D eigenvalue weighted by atomic mass is 16.6. The van der Waals surface area contributed by atoms with Gasteiger partial charge in [-0.05, 0) is 69.8 Å². The summed E-state index contributed by atoms with van der Waals surface area (Å²) in [6.07, 6.45) is 0.501. The molecule has 13 heteroatoms. The summed E-state index contributed by atoms with van der Waals surface area (Å²) in [6, 6.07) is 4.20. The van der Waals surface area contributed by atoms with Gasteiger partial charge in [-0.15, -0.1) is 0 Å². The molecule has 0 saturated carbocycles. The molecule has 5 amide bonds. The van der Waals surface area contributed by atoms with Crippen LogP contribution in [0.15, 0.2) is 30.3 Å². The molecule has 0 fully saturated rings. The van der Waals surface area contributed by atoms with Crippen LogP contribution >= 0.6 is 0 Å². The van der Waals surface area contributed by atoms with Crippen molar-refractivity contribution < 1.29 is 38.2 Å². The Labute approximate surface area is 298 Å². The van der Waals surface area contributed by atoms with Crippen molar-refractivity contribution in [3.8, 4) is 0 Å². The van der Waals surface area contributed by atoms with Gasteiger partial charge in [0.15, 0.2) is 0 Å². The smallest absolute Gasteiger partial charge is 0.408 e. The predicted octanol–water partition coefficient (Wildman–Crippen LogP) is 3.78. The molecule has 0 aliphatic rings. The van der Waals surface area contributed by atoms with Gasteiger partial charge in [0.2, 0.25) is 23.6 Å². The van der Waals surface area contributed by atoms with Gasteiger partial charge in [-0.1, -0.05) is 78.8 Å². The SMILES string of the molecule is CC[C@H](NC(=O)[C@H](CC(C)C)NC(=O)[C@H](CC(C)C)NC(=O)OC(C)(C)C)C(=O)N[C@H](CC(C)C)C(=O)N[C@@H](Cc1ccccc1)C(=O)OC. The van der Waals surface area contributed by atoms with Gasteiger partial charge in [-0.3, -0.25) is 19.2 Å². The van der Waals surface area contributed by atoms with E-state index in [-0.39, 0.29) is 43.4 Å². The van der Waals surface area contributed by atoms with Crippen LogP contribution in [0.5, 0.6) is 0 Å². The highest BCUT2D eigenvalue weighted by molar-refractivity contribution is 5.96. The molecule has 0 radical (unpaired) electrons. The molecule has 0 unspecified atom stereocenters. The molecular weight excluding hydrogens is 642 g/mol. The Morgan fingerprint density at radius 2 is 0.980 bits per heavy atom. The molecule has 0 saturated heterocycles. The Bertz CT molecular complexity index is 1260. The van der Waals surface area contributed by atoms with E-state index in [1.54, 1.807) is 27.7 Å². The first-order valence-electron chi connectivity index (χ1n) is 17.6. The van der Waals surface area contributed by atoms with Gasteiger partial charge in [0.05, 0.1) is 7.11 Å². The number of benzene rings is 1. The van der Waals surface area contributed by atoms with Crippen molar-refractivity contribution in [1.82, 2.24) is 26.6 Å². The van der Waals surface area contributed by atoms with Crippen LogP contribution in [0.4, 0.5) is 4.79 Å². The van der Waals surface area contributed by atoms with Crippen LogP contribution in [0.3, 0.4) is 0 Å². The lowest BCUT2D eigenvalue weighted by Gasteiger charge is -2.28. The van der Waals surface area contributed by atoms with Crippen molar-refractivity contribution in [3.05, 3.63) is 35.9 Å². The van der Waals surface area contributed by atoms with Crippen molar-refractivity contribution in [2.75, 3.05) is 7.11 Å². The summed E-state index contributed by atoms with van der Waals surface area (Å²) in [5.41, 5.74) is 0.0549. The van der Waals surface area contributed by atoms with E-state index in [1.165, 1.54) is 7.11 Å². The van der Waals surface area contributed by atoms with Crippen LogP contribution in [-0.2, 0) is 39.9 Å². The van der Waals surface area contributed by atoms with E-state index in [0.717, 1.165) is 5.56 Å². The first-order valence-corrected chi connectivity index (χ1v) is 17.6. The summed E-state index contributed by atoms with van der Waals surface area (Å²) >= 11 is 0. The highest BCUT2D eigenvalue weighted by Gasteiger charge is 2.33. The van der Waals surface area contributed by atoms with Crippen molar-refractivity contribution in [2.45, 2.75) is 137 Å². The Morgan fingerprint density at radius 3 is 1.36 bits per heavy atom. The standard InChI is InChI=1S/C37H61N5O8/c1-12-26(31(43)39-28(19-23(4)5)33(45)41-30(35(47)49-11)21-25-16-14-13-15-17-25)38-32(44)27(18-22(2)3)40-34(46)29(20-24(6)7)42-36(48)50-37(8,9)10/h13-17,22-24,26-30H,12,18-21H2,1-11H3,(H,38,44)(H,39,43)(H,40,46)(H,41,45)(H,42,48)/t26-,27-,28+,29-,30-/m0/s1. The number of ether oxygens (including phenoxy) is 2. The summed E-state index contributed by atoms with van der Waals surface area (Å²) in [5.74, 6) is -2.84. The fraction of sp³-hybridized carbons (Fsp3) is 0.676. The van der Waals surface area contributed by atoms with E-state index in [1.807, 2.05) is 71.9 Å². The van der Waals surface area contributed by atoms with E-state index in [2.05, 4.69) is 26.6 Å². The molecule has 0 bridgehead atoms. The third-order valence-electron chi connectivity index (χ3n) is 7.52. The summed E-state index contributed by atoms with van der Waals surface area (Å²) < 4.78 is 10.3. The summed E-state index contributed by atoms with van der Waals surface area (Å²) in [4.78, 5) is 79.2. The molecule has 0 spiro atoms. The number of rotatable bonds is 19. The maximum Gasteiger partial charge on any atom is 0.408 e. The number of carbonyl (C=O) groups excluding carboxylic acids is 6. The van der Waals surface area contributed by atoms with Gasteiger partial charge in [-0.25, -0.2) is 9.59 Å². The van der Waals surface area contributed by atoms with E-state index in [4.69, 9.17) is 9.47 Å². The van der Waals surface area contributed by atoms with E-state index < -0.39 is 71.5 Å². The van der Waals surface area contributed by atoms with Crippen LogP contribution in [0.2, 0.25) is 0 Å². The molecule has 1 aromatic carbocycles. The zero-order chi connectivity index (χ0) is 38.2. The summed E-state index contributed by atoms with van der Waals surface area (Å²) in [5, 5.41) is 13.6. The number of carbonyl (C=O) groups is 6. The van der Waals surface area contributed by atoms with Crippen molar-refractivity contribution in [3.63, 3.8) is 0 Å². The zero-order valence-corrected chi connectivity index (χ0v) is 31.8. The average Bonchev–Trinajstić information content (AvgIpc) is 3.00. The quantitative estimate of drug-likeness (QED) is 0.135. The molecular formula is C37H61N5O8. The van der Waals surface area contributed by atoms with Crippen LogP contribution in [0.25, 0.3) is 0 Å². The summed E-state index contributed by atoms with van der Waals surface area (Å²) in [7, 11) is 1.24. The topological polar surface area (TPSA) is 181 Å². The van der Waals surface area contributed by atoms with Crippen LogP contribution in [-0.4, -0.2) is 78.6 Å². The van der Waals surface area contributed by atoms with Crippen molar-refractivity contribution in [2.24, 2.45) is 17.8 Å². The fourth-order valence-electron chi connectivity index (χ4n) is 5.19. The molecule has 5 atom stereocenters. The first kappa shape index (κ1) is 43.9. The third-order valence-corrected chi connectivity index (χ3v) is 7.52. The maximum absolute atomic E-state index is 13.6. The molecule has 0 aliphatic carbocycles. The third kappa shape index (κ3) is 17.0. The molecule has 0 aromatic heterocycles. The number of methoxy groups -OCH3 is 1. The second kappa shape index (κ2) is 21.1. The largest absolute Gasteiger partial charge is 0.467 e. The van der Waals surface area contributed by atoms with Crippen LogP contribution in [0, 0.1) is 17.8 Å². The molecule has 50 heavy (non-hydrogen) atoms. The number of esters is 1. The second-order valence-corrected chi connectivity index (χ2v) is 15.0. The number of amides is 5. The van der Waals surface area contributed by atoms with E-state index >= 15 is 0 Å². The van der Waals surface area contributed by atoms with E-state index in [0.29, 0.717) is 6.42 Å². The number of nitrogens with one attached hydrogen (secondary N) is 5. The van der Waals surface area contributed by atoms with Gasteiger partial charge in [0.25, 0.3) is 0 Å². The Kier molecular flexibility index (Phi) is 18.5. The van der Waals surface area contributed by atoms with Gasteiger partial charge in [0.1, 0.15) is 35.8 Å². The Hall–Kier alpha value is -4.16. The Balaban J connectivity index is 3.13. The minimum Gasteiger partial charge on any atom is -0.467 e. The number of hydrogen-bond donors (Lipinski definition) is 5. The van der Waals surface area contributed by atoms with Crippen LogP contribution in [0.1, 0.15) is 100 Å². The van der Waals surface area contributed by atoms with E-state index in [9.17, 15) is 28.8 Å². The van der Waals surface area contributed by atoms with Crippen LogP contribution < -0.4 is 26.6 Å². The number of alkyl carbamates (subject to hydrolysis) is 1. The number of hydrogen-bond acceptors (Lipinski definition) is 8. The zero-order valence-electron chi connectivity index (χ0n) is 31.8. The van der Waals surface area contributed by atoms with Gasteiger partial charge < -0.3 is 36.1 Å². The molecule has 1 rings (SSSR count). The lowest BCUT2D eigenvalue weighted by molar-refractivity contribution is -0.145. The normalized spacial score (nSPS) is 14.5. The maximum atomic E-state index is 13.6. The predicted molar refractivity (Wildman–Crippen MR) is 192 cm³/mol. The lowest BCUT2D eigenvalue weighted by Crippen LogP contribution is -2.59. The molecule has 13 nitrogen and oxygen atoms in total. The minimum absolute atomic E-state index is 0.0000718. The second-order valence-electron chi connectivity index (χ2n) is 15.0. The van der Waals surface area contributed by atoms with Crippen molar-refractivity contribution in [1.29, 1.82) is 0 Å². The first-order chi connectivity index (χ1) is 23.3. The Morgan fingerprint density at radius 1 is 0.600 bits per heavy atom. The van der Waals surface area contributed by atoms with Gasteiger partial charge >= 0.3 is 12.1 Å². The molecule has 0 aliphatic heterocycles. The average molecular weight is 704 g/mol. The molecule has 1 aromatic rings. The van der Waals surface area contributed by atoms with Gasteiger partial charge in [-0.2, -0.15) is 0 Å². The molecule has 0 heterocycles. The lowest BCUT2D eigenvalue weighted by atomic mass is 9.99. The van der Waals surface area contributed by atoms with Crippen molar-refractivity contribution >= 4 is 35.7 Å². The summed E-state index contributed by atoms with van der Waals surface area (Å²) in [6.45, 7) is 18.3. The highest BCUT2D eigenvalue weighted by Crippen LogP contribution is 2.13. The molecule has 5 N–H and O–H groups in total. The molecule has 282 valence electrons. The van der Waals surface area contributed by atoms with Gasteiger partial charge in [0, 0.05) is 6.42 Å². The monoisotopic (exact) mass is 703 g/mol.